The Morgan fingerprint density at radius 2 is 2.10 bits per heavy atom. The van der Waals surface area contributed by atoms with E-state index in [1.165, 1.54) is 0 Å². The average molecular weight is 306 g/mol. The molecule has 0 saturated heterocycles. The molecule has 0 aliphatic rings. The molecule has 5 nitrogen and oxygen atoms in total. The first kappa shape index (κ1) is 15.4. The van der Waals surface area contributed by atoms with E-state index in [0.29, 0.717) is 25.1 Å². The van der Waals surface area contributed by atoms with Gasteiger partial charge in [-0.3, -0.25) is 9.00 Å². The van der Waals surface area contributed by atoms with Crippen molar-refractivity contribution in [2.24, 2.45) is 0 Å². The molecular formula is C15H18N2O3S. The maximum atomic E-state index is 12.2. The Kier molecular flexibility index (Phi) is 5.68. The number of carbonyl (C=O) groups is 1. The van der Waals surface area contributed by atoms with Crippen LogP contribution >= 0.6 is 0 Å². The third kappa shape index (κ3) is 4.82. The molecule has 2 rings (SSSR count). The predicted molar refractivity (Wildman–Crippen MR) is 81.4 cm³/mol. The van der Waals surface area contributed by atoms with Gasteiger partial charge in [-0.2, -0.15) is 0 Å². The van der Waals surface area contributed by atoms with Crippen LogP contribution in [0.4, 0.5) is 0 Å². The van der Waals surface area contributed by atoms with E-state index in [0.717, 1.165) is 5.56 Å². The molecule has 0 spiro atoms. The van der Waals surface area contributed by atoms with Gasteiger partial charge in [-0.1, -0.05) is 30.3 Å². The summed E-state index contributed by atoms with van der Waals surface area (Å²) < 4.78 is 14.1. The van der Waals surface area contributed by atoms with E-state index in [1.54, 1.807) is 12.5 Å². The van der Waals surface area contributed by atoms with Crippen LogP contribution in [-0.2, 0) is 28.6 Å². The number of aryl methyl sites for hydroxylation is 1. The van der Waals surface area contributed by atoms with Gasteiger partial charge in [-0.15, -0.1) is 0 Å². The Labute approximate surface area is 126 Å². The standard InChI is InChI=1S/C15H18N2O3S/c18-15(19)14(11-13-5-2-1-3-6-13)21(20)10-4-8-17-9-7-16-12-17/h1-3,5-7,9,12,14H,4,8,10-11H2,(H,18,19). The van der Waals surface area contributed by atoms with E-state index in [2.05, 4.69) is 4.98 Å². The second-order valence-corrected chi connectivity index (χ2v) is 6.49. The van der Waals surface area contributed by atoms with Crippen molar-refractivity contribution in [2.75, 3.05) is 5.75 Å². The summed E-state index contributed by atoms with van der Waals surface area (Å²) in [6, 6.07) is 9.31. The second-order valence-electron chi connectivity index (χ2n) is 4.76. The number of carboxylic acid groups (broad SMARTS) is 1. The Hall–Kier alpha value is -1.95. The number of carboxylic acids is 1. The zero-order valence-electron chi connectivity index (χ0n) is 11.6. The highest BCUT2D eigenvalue weighted by Crippen LogP contribution is 2.10. The third-order valence-electron chi connectivity index (χ3n) is 3.18. The molecule has 1 heterocycles. The Balaban J connectivity index is 1.88. The van der Waals surface area contributed by atoms with Gasteiger partial charge in [0.25, 0.3) is 0 Å². The smallest absolute Gasteiger partial charge is 0.319 e. The molecule has 2 atom stereocenters. The zero-order valence-corrected chi connectivity index (χ0v) is 12.4. The summed E-state index contributed by atoms with van der Waals surface area (Å²) in [7, 11) is -1.38. The highest BCUT2D eigenvalue weighted by molar-refractivity contribution is 7.86. The fourth-order valence-electron chi connectivity index (χ4n) is 2.07. The summed E-state index contributed by atoms with van der Waals surface area (Å²) in [5.74, 6) is -0.623. The lowest BCUT2D eigenvalue weighted by Crippen LogP contribution is -2.29. The SMILES string of the molecule is O=C(O)C(Cc1ccccc1)S(=O)CCCn1ccnc1. The first-order valence-corrected chi connectivity index (χ1v) is 8.14. The molecule has 0 aliphatic heterocycles. The van der Waals surface area contributed by atoms with Gasteiger partial charge in [0.2, 0.25) is 0 Å². The predicted octanol–water partition coefficient (Wildman–Crippen LogP) is 1.72. The first-order valence-electron chi connectivity index (χ1n) is 6.76. The highest BCUT2D eigenvalue weighted by Gasteiger charge is 2.24. The summed E-state index contributed by atoms with van der Waals surface area (Å²) in [6.45, 7) is 0.698. The lowest BCUT2D eigenvalue weighted by Gasteiger charge is -2.12. The number of rotatable bonds is 8. The number of hydrogen-bond acceptors (Lipinski definition) is 3. The first-order chi connectivity index (χ1) is 10.2. The Bertz CT molecular complexity index is 584. The van der Waals surface area contributed by atoms with Gasteiger partial charge in [0.1, 0.15) is 5.25 Å². The van der Waals surface area contributed by atoms with Crippen molar-refractivity contribution in [3.05, 3.63) is 54.6 Å². The van der Waals surface area contributed by atoms with Gasteiger partial charge in [-0.25, -0.2) is 4.98 Å². The van der Waals surface area contributed by atoms with Crippen LogP contribution in [0.3, 0.4) is 0 Å². The zero-order chi connectivity index (χ0) is 15.1. The van der Waals surface area contributed by atoms with Crippen molar-refractivity contribution in [1.29, 1.82) is 0 Å². The molecule has 6 heteroatoms. The van der Waals surface area contributed by atoms with Crippen molar-refractivity contribution >= 4 is 16.8 Å². The molecule has 0 radical (unpaired) electrons. The van der Waals surface area contributed by atoms with Crippen molar-refractivity contribution in [1.82, 2.24) is 9.55 Å². The van der Waals surface area contributed by atoms with Gasteiger partial charge in [0, 0.05) is 35.5 Å². The summed E-state index contributed by atoms with van der Waals surface area (Å²) in [5, 5.41) is 8.43. The summed E-state index contributed by atoms with van der Waals surface area (Å²) in [5.41, 5.74) is 0.896. The van der Waals surface area contributed by atoms with Crippen LogP contribution in [0.25, 0.3) is 0 Å². The van der Waals surface area contributed by atoms with E-state index in [1.807, 2.05) is 41.1 Å². The van der Waals surface area contributed by atoms with E-state index in [-0.39, 0.29) is 0 Å². The van der Waals surface area contributed by atoms with Crippen LogP contribution < -0.4 is 0 Å². The van der Waals surface area contributed by atoms with Crippen LogP contribution in [0, 0.1) is 0 Å². The highest BCUT2D eigenvalue weighted by atomic mass is 32.2. The molecule has 1 aromatic heterocycles. The normalized spacial score (nSPS) is 13.7. The lowest BCUT2D eigenvalue weighted by atomic mass is 10.1. The lowest BCUT2D eigenvalue weighted by molar-refractivity contribution is -0.136. The fraction of sp³-hybridized carbons (Fsp3) is 0.333. The van der Waals surface area contributed by atoms with E-state index in [4.69, 9.17) is 0 Å². The van der Waals surface area contributed by atoms with Gasteiger partial charge in [0.15, 0.2) is 0 Å². The molecular weight excluding hydrogens is 288 g/mol. The molecule has 2 unspecified atom stereocenters. The van der Waals surface area contributed by atoms with Crippen LogP contribution in [-0.4, -0.2) is 35.8 Å². The molecule has 112 valence electrons. The van der Waals surface area contributed by atoms with Crippen molar-refractivity contribution in [3.63, 3.8) is 0 Å². The number of imidazole rings is 1. The number of hydrogen-bond donors (Lipinski definition) is 1. The number of aliphatic carboxylic acids is 1. The maximum absolute atomic E-state index is 12.2. The molecule has 0 aliphatic carbocycles. The minimum absolute atomic E-state index is 0.299. The molecule has 0 saturated carbocycles. The minimum Gasteiger partial charge on any atom is -0.480 e. The monoisotopic (exact) mass is 306 g/mol. The van der Waals surface area contributed by atoms with Crippen molar-refractivity contribution in [3.8, 4) is 0 Å². The largest absolute Gasteiger partial charge is 0.480 e. The minimum atomic E-state index is -1.38. The molecule has 1 aromatic carbocycles. The summed E-state index contributed by atoms with van der Waals surface area (Å²) in [4.78, 5) is 15.3. The van der Waals surface area contributed by atoms with Crippen molar-refractivity contribution in [2.45, 2.75) is 24.6 Å². The maximum Gasteiger partial charge on any atom is 0.319 e. The molecule has 2 aromatic rings. The quantitative estimate of drug-likeness (QED) is 0.806. The van der Waals surface area contributed by atoms with Gasteiger partial charge in [0.05, 0.1) is 6.33 Å². The van der Waals surface area contributed by atoms with E-state index < -0.39 is 22.0 Å². The van der Waals surface area contributed by atoms with Gasteiger partial charge in [-0.05, 0) is 18.4 Å². The van der Waals surface area contributed by atoms with Crippen molar-refractivity contribution < 1.29 is 14.1 Å². The van der Waals surface area contributed by atoms with Crippen LogP contribution in [0.1, 0.15) is 12.0 Å². The van der Waals surface area contributed by atoms with E-state index >= 15 is 0 Å². The number of nitrogens with zero attached hydrogens (tertiary/aromatic N) is 2. The average Bonchev–Trinajstić information content (AvgIpc) is 2.98. The third-order valence-corrected chi connectivity index (χ3v) is 4.87. The topological polar surface area (TPSA) is 72.2 Å². The molecule has 0 amide bonds. The Morgan fingerprint density at radius 1 is 1.33 bits per heavy atom. The van der Waals surface area contributed by atoms with Crippen LogP contribution in [0.5, 0.6) is 0 Å². The molecule has 0 fully saturated rings. The molecule has 21 heavy (non-hydrogen) atoms. The fourth-order valence-corrected chi connectivity index (χ4v) is 3.37. The van der Waals surface area contributed by atoms with E-state index in [9.17, 15) is 14.1 Å². The Morgan fingerprint density at radius 3 is 2.71 bits per heavy atom. The van der Waals surface area contributed by atoms with Crippen LogP contribution in [0.2, 0.25) is 0 Å². The molecule has 1 N–H and O–H groups in total. The van der Waals surface area contributed by atoms with Crippen LogP contribution in [0.15, 0.2) is 49.1 Å². The summed E-state index contributed by atoms with van der Waals surface area (Å²) >= 11 is 0. The molecule has 0 bridgehead atoms. The number of aromatic nitrogens is 2. The van der Waals surface area contributed by atoms with Gasteiger partial charge < -0.3 is 9.67 Å². The second kappa shape index (κ2) is 7.73. The summed E-state index contributed by atoms with van der Waals surface area (Å²) in [6.07, 6.45) is 6.19. The number of benzene rings is 1. The van der Waals surface area contributed by atoms with Gasteiger partial charge >= 0.3 is 5.97 Å².